The smallest absolute Gasteiger partial charge is 0.342 e. The van der Waals surface area contributed by atoms with Gasteiger partial charge in [-0.05, 0) is 29.2 Å². The zero-order chi connectivity index (χ0) is 19.7. The maximum absolute atomic E-state index is 11.2. The number of nitrogens with one attached hydrogen (secondary N) is 1. The predicted molar refractivity (Wildman–Crippen MR) is 108 cm³/mol. The molecule has 0 atom stereocenters. The Morgan fingerprint density at radius 2 is 1.96 bits per heavy atom. The van der Waals surface area contributed by atoms with Gasteiger partial charge in [-0.3, -0.25) is 0 Å². The van der Waals surface area contributed by atoms with Crippen LogP contribution in [0, 0.1) is 17.0 Å². The van der Waals surface area contributed by atoms with Crippen LogP contribution in [0.2, 0.25) is 0 Å². The molecule has 0 unspecified atom stereocenters. The van der Waals surface area contributed by atoms with Crippen molar-refractivity contribution in [3.63, 3.8) is 0 Å². The third kappa shape index (κ3) is 3.09. The van der Waals surface area contributed by atoms with E-state index in [0.29, 0.717) is 18.9 Å². The van der Waals surface area contributed by atoms with Gasteiger partial charge in [-0.1, -0.05) is 18.2 Å². The Balaban J connectivity index is 1.72. The van der Waals surface area contributed by atoms with Crippen molar-refractivity contribution in [2.24, 2.45) is 0 Å². The molecule has 2 aromatic heterocycles. The van der Waals surface area contributed by atoms with E-state index in [4.69, 9.17) is 9.72 Å². The van der Waals surface area contributed by atoms with Crippen molar-refractivity contribution in [3.8, 4) is 5.75 Å². The number of rotatable bonds is 6. The minimum Gasteiger partial charge on any atom is -0.497 e. The Bertz CT molecular complexity index is 1190. The number of imidazole rings is 1. The lowest BCUT2D eigenvalue weighted by molar-refractivity contribution is -0.392. The molecular weight excluding hydrogens is 358 g/mol. The molecule has 2 aromatic carbocycles. The quantitative estimate of drug-likeness (QED) is 0.311. The number of fused-ring (bicyclic) bond motifs is 2. The van der Waals surface area contributed by atoms with Gasteiger partial charge in [0.25, 0.3) is 0 Å². The van der Waals surface area contributed by atoms with E-state index < -0.39 is 4.92 Å². The van der Waals surface area contributed by atoms with Crippen LogP contribution >= 0.6 is 0 Å². The van der Waals surface area contributed by atoms with E-state index in [1.807, 2.05) is 42.5 Å². The highest BCUT2D eigenvalue weighted by molar-refractivity contribution is 6.07. The van der Waals surface area contributed by atoms with E-state index in [1.54, 1.807) is 18.6 Å². The van der Waals surface area contributed by atoms with Gasteiger partial charge in [0.15, 0.2) is 5.82 Å². The molecule has 0 saturated heterocycles. The maximum Gasteiger partial charge on any atom is 0.342 e. The number of benzene rings is 2. The molecule has 0 amide bonds. The zero-order valence-electron chi connectivity index (χ0n) is 15.5. The number of nitrogens with zero attached hydrogens (tertiary/aromatic N) is 4. The van der Waals surface area contributed by atoms with Crippen molar-refractivity contribution < 1.29 is 9.66 Å². The minimum absolute atomic E-state index is 0.00888. The average Bonchev–Trinajstić information content (AvgIpc) is 3.08. The number of para-hydroxylation sites is 1. The number of pyridine rings is 1. The van der Waals surface area contributed by atoms with Crippen LogP contribution in [0.5, 0.6) is 5.75 Å². The lowest BCUT2D eigenvalue weighted by atomic mass is 10.1. The fraction of sp³-hybridized carbons (Fsp3) is 0.200. The van der Waals surface area contributed by atoms with Gasteiger partial charge >= 0.3 is 5.82 Å². The number of aryl methyl sites for hydroxylation is 1. The summed E-state index contributed by atoms with van der Waals surface area (Å²) < 4.78 is 6.96. The average molecular weight is 377 g/mol. The molecule has 142 valence electrons. The van der Waals surface area contributed by atoms with Gasteiger partial charge in [-0.25, -0.2) is 14.5 Å². The molecule has 0 aliphatic carbocycles. The molecule has 0 fully saturated rings. The van der Waals surface area contributed by atoms with E-state index in [-0.39, 0.29) is 5.82 Å². The van der Waals surface area contributed by atoms with Crippen molar-refractivity contribution >= 4 is 33.3 Å². The van der Waals surface area contributed by atoms with Crippen molar-refractivity contribution in [2.75, 3.05) is 19.0 Å². The summed E-state index contributed by atoms with van der Waals surface area (Å²) in [6.45, 7) is 2.68. The van der Waals surface area contributed by atoms with Crippen LogP contribution in [-0.2, 0) is 6.54 Å². The van der Waals surface area contributed by atoms with E-state index in [9.17, 15) is 10.1 Å². The summed E-state index contributed by atoms with van der Waals surface area (Å²) in [5.41, 5.74) is 2.67. The summed E-state index contributed by atoms with van der Waals surface area (Å²) >= 11 is 0. The van der Waals surface area contributed by atoms with Crippen LogP contribution in [0.15, 0.2) is 48.7 Å². The number of hydrogen-bond acceptors (Lipinski definition) is 6. The van der Waals surface area contributed by atoms with Crippen LogP contribution in [0.3, 0.4) is 0 Å². The second-order valence-corrected chi connectivity index (χ2v) is 6.39. The summed E-state index contributed by atoms with van der Waals surface area (Å²) in [4.78, 5) is 19.6. The van der Waals surface area contributed by atoms with Crippen LogP contribution in [0.25, 0.3) is 21.8 Å². The SMILES string of the molecule is COc1ccc2nc3ccccc3c(NCCn3c([N+](=O)[O-])cnc3C)c2c1. The van der Waals surface area contributed by atoms with Crippen LogP contribution < -0.4 is 10.1 Å². The summed E-state index contributed by atoms with van der Waals surface area (Å²) in [6, 6.07) is 13.6. The highest BCUT2D eigenvalue weighted by Crippen LogP contribution is 2.33. The fourth-order valence-electron chi connectivity index (χ4n) is 3.36. The van der Waals surface area contributed by atoms with Crippen molar-refractivity contribution in [1.29, 1.82) is 0 Å². The van der Waals surface area contributed by atoms with E-state index in [2.05, 4.69) is 10.3 Å². The number of aromatic nitrogens is 3. The molecule has 1 N–H and O–H groups in total. The van der Waals surface area contributed by atoms with Gasteiger partial charge in [-0.2, -0.15) is 0 Å². The number of hydrogen-bond donors (Lipinski definition) is 1. The Kier molecular flexibility index (Phi) is 4.52. The second kappa shape index (κ2) is 7.15. The molecule has 0 aliphatic rings. The summed E-state index contributed by atoms with van der Waals surface area (Å²) in [5.74, 6) is 1.35. The molecule has 0 radical (unpaired) electrons. The maximum atomic E-state index is 11.2. The van der Waals surface area contributed by atoms with Gasteiger partial charge in [0, 0.05) is 17.7 Å². The molecule has 0 spiro atoms. The predicted octanol–water partition coefficient (Wildman–Crippen LogP) is 3.92. The highest BCUT2D eigenvalue weighted by atomic mass is 16.6. The number of nitro groups is 1. The molecule has 8 heteroatoms. The fourth-order valence-corrected chi connectivity index (χ4v) is 3.36. The zero-order valence-corrected chi connectivity index (χ0v) is 15.5. The molecular formula is C20H19N5O3. The molecule has 0 saturated carbocycles. The molecule has 28 heavy (non-hydrogen) atoms. The Morgan fingerprint density at radius 1 is 1.18 bits per heavy atom. The summed E-state index contributed by atoms with van der Waals surface area (Å²) in [7, 11) is 1.63. The number of ether oxygens (including phenoxy) is 1. The Hall–Kier alpha value is -3.68. The first-order valence-electron chi connectivity index (χ1n) is 8.85. The molecule has 8 nitrogen and oxygen atoms in total. The van der Waals surface area contributed by atoms with E-state index in [0.717, 1.165) is 33.2 Å². The van der Waals surface area contributed by atoms with Crippen LogP contribution in [0.4, 0.5) is 11.5 Å². The van der Waals surface area contributed by atoms with E-state index >= 15 is 0 Å². The van der Waals surface area contributed by atoms with Crippen molar-refractivity contribution in [1.82, 2.24) is 14.5 Å². The first-order valence-corrected chi connectivity index (χ1v) is 8.85. The third-order valence-corrected chi connectivity index (χ3v) is 4.75. The third-order valence-electron chi connectivity index (χ3n) is 4.75. The molecule has 4 rings (SSSR count). The summed E-state index contributed by atoms with van der Waals surface area (Å²) in [6.07, 6.45) is 1.29. The first-order chi connectivity index (χ1) is 13.6. The van der Waals surface area contributed by atoms with Gasteiger partial charge in [-0.15, -0.1) is 0 Å². The summed E-state index contributed by atoms with van der Waals surface area (Å²) in [5, 5.41) is 16.6. The number of anilines is 1. The molecule has 2 heterocycles. The lowest BCUT2D eigenvalue weighted by Crippen LogP contribution is -2.14. The van der Waals surface area contributed by atoms with Crippen LogP contribution in [-0.4, -0.2) is 33.1 Å². The second-order valence-electron chi connectivity index (χ2n) is 6.39. The highest BCUT2D eigenvalue weighted by Gasteiger charge is 2.17. The van der Waals surface area contributed by atoms with Gasteiger partial charge in [0.05, 0.1) is 30.4 Å². The van der Waals surface area contributed by atoms with Gasteiger partial charge in [0.2, 0.25) is 0 Å². The first kappa shape index (κ1) is 17.7. The normalized spacial score (nSPS) is 11.1. The van der Waals surface area contributed by atoms with Crippen molar-refractivity contribution in [3.05, 3.63) is 64.6 Å². The Labute approximate surface area is 160 Å². The van der Waals surface area contributed by atoms with E-state index in [1.165, 1.54) is 6.20 Å². The minimum atomic E-state index is -0.415. The molecule has 0 aliphatic heterocycles. The van der Waals surface area contributed by atoms with Crippen LogP contribution in [0.1, 0.15) is 5.82 Å². The van der Waals surface area contributed by atoms with Gasteiger partial charge < -0.3 is 20.2 Å². The van der Waals surface area contributed by atoms with Crippen molar-refractivity contribution in [2.45, 2.75) is 13.5 Å². The molecule has 4 aromatic rings. The number of methoxy groups -OCH3 is 1. The topological polar surface area (TPSA) is 95.1 Å². The van der Waals surface area contributed by atoms with Gasteiger partial charge in [0.1, 0.15) is 18.5 Å². The lowest BCUT2D eigenvalue weighted by Gasteiger charge is -2.14. The Morgan fingerprint density at radius 3 is 2.75 bits per heavy atom. The standard InChI is InChI=1S/C20H19N5O3/c1-13-22-12-19(25(26)27)24(13)10-9-21-20-15-5-3-4-6-17(15)23-18-8-7-14(28-2)11-16(18)20/h3-8,11-12H,9-10H2,1-2H3,(H,21,23). The monoisotopic (exact) mass is 377 g/mol. The largest absolute Gasteiger partial charge is 0.497 e. The molecule has 0 bridgehead atoms.